The minimum Gasteiger partial charge on any atom is -0.478 e. The number of carboxylic acid groups (broad SMARTS) is 1. The Morgan fingerprint density at radius 3 is 2.24 bits per heavy atom. The number of nitrogens with zero attached hydrogens (tertiary/aromatic N) is 1. The van der Waals surface area contributed by atoms with Gasteiger partial charge in [0.1, 0.15) is 0 Å². The van der Waals surface area contributed by atoms with E-state index in [1.54, 1.807) is 6.07 Å². The molecule has 5 heteroatoms. The number of benzene rings is 4. The molecule has 0 heterocycles. The van der Waals surface area contributed by atoms with Gasteiger partial charge in [-0.3, -0.25) is 4.90 Å². The van der Waals surface area contributed by atoms with Crippen molar-refractivity contribution in [2.75, 3.05) is 13.1 Å². The Kier molecular flexibility index (Phi) is 9.01. The van der Waals surface area contributed by atoms with Crippen molar-refractivity contribution in [2.45, 2.75) is 39.8 Å². The molecule has 2 N–H and O–H groups in total. The monoisotopic (exact) mass is 527 g/mol. The lowest BCUT2D eigenvalue weighted by Crippen LogP contribution is -2.30. The fourth-order valence-electron chi connectivity index (χ4n) is 5.01. The van der Waals surface area contributed by atoms with E-state index in [2.05, 4.69) is 41.3 Å². The van der Waals surface area contributed by atoms with Crippen LogP contribution < -0.4 is 0 Å². The van der Waals surface area contributed by atoms with Gasteiger partial charge in [-0.05, 0) is 89.9 Å². The molecular weight excluding hydrogens is 494 g/mol. The van der Waals surface area contributed by atoms with Crippen LogP contribution in [-0.2, 0) is 13.0 Å². The Labute approximate surface area is 230 Å². The summed E-state index contributed by atoms with van der Waals surface area (Å²) in [4.78, 5) is 13.9. The van der Waals surface area contributed by atoms with E-state index in [0.29, 0.717) is 17.1 Å². The highest BCUT2D eigenvalue weighted by molar-refractivity contribution is 6.30. The van der Waals surface area contributed by atoms with Gasteiger partial charge in [-0.2, -0.15) is 0 Å². The van der Waals surface area contributed by atoms with Gasteiger partial charge in [0.05, 0.1) is 11.7 Å². The number of aliphatic hydroxyl groups is 1. The van der Waals surface area contributed by atoms with E-state index in [1.807, 2.05) is 63.2 Å². The summed E-state index contributed by atoms with van der Waals surface area (Å²) < 4.78 is 0. The molecular formula is C33H34ClNO3. The third-order valence-corrected chi connectivity index (χ3v) is 7.44. The third-order valence-electron chi connectivity index (χ3n) is 7.20. The summed E-state index contributed by atoms with van der Waals surface area (Å²) in [6.45, 7) is 7.86. The lowest BCUT2D eigenvalue weighted by molar-refractivity contribution is 0.0696. The Hall–Kier alpha value is -3.44. The molecule has 38 heavy (non-hydrogen) atoms. The van der Waals surface area contributed by atoms with Crippen LogP contribution in [0.3, 0.4) is 0 Å². The lowest BCUT2D eigenvalue weighted by Gasteiger charge is -2.26. The third kappa shape index (κ3) is 6.70. The maximum Gasteiger partial charge on any atom is 0.335 e. The molecule has 0 fully saturated rings. The number of hydrogen-bond acceptors (Lipinski definition) is 3. The predicted octanol–water partition coefficient (Wildman–Crippen LogP) is 7.41. The lowest BCUT2D eigenvalue weighted by atomic mass is 9.89. The van der Waals surface area contributed by atoms with E-state index in [9.17, 15) is 15.0 Å². The highest BCUT2D eigenvalue weighted by atomic mass is 35.5. The average Bonchev–Trinajstić information content (AvgIpc) is 2.90. The van der Waals surface area contributed by atoms with Crippen molar-refractivity contribution < 1.29 is 15.0 Å². The van der Waals surface area contributed by atoms with Crippen molar-refractivity contribution in [3.05, 3.63) is 129 Å². The van der Waals surface area contributed by atoms with E-state index >= 15 is 0 Å². The summed E-state index contributed by atoms with van der Waals surface area (Å²) >= 11 is 6.15. The quantitative estimate of drug-likeness (QED) is 0.225. The number of carbonyl (C=O) groups is 1. The predicted molar refractivity (Wildman–Crippen MR) is 155 cm³/mol. The van der Waals surface area contributed by atoms with Crippen molar-refractivity contribution in [1.82, 2.24) is 4.90 Å². The fourth-order valence-corrected chi connectivity index (χ4v) is 5.21. The summed E-state index contributed by atoms with van der Waals surface area (Å²) in [7, 11) is 0. The number of hydrogen-bond donors (Lipinski definition) is 2. The molecule has 4 aromatic rings. The molecule has 0 bridgehead atoms. The van der Waals surface area contributed by atoms with E-state index in [0.717, 1.165) is 52.9 Å². The number of aromatic carboxylic acids is 1. The summed E-state index contributed by atoms with van der Waals surface area (Å²) in [6, 6.07) is 28.0. The maximum absolute atomic E-state index is 11.6. The average molecular weight is 528 g/mol. The second-order valence-corrected chi connectivity index (χ2v) is 10.3. The zero-order valence-corrected chi connectivity index (χ0v) is 22.9. The zero-order chi connectivity index (χ0) is 27.2. The summed E-state index contributed by atoms with van der Waals surface area (Å²) in [5.41, 5.74) is 8.52. The molecule has 0 amide bonds. The molecule has 0 aliphatic carbocycles. The fraction of sp³-hybridized carbons (Fsp3) is 0.242. The summed E-state index contributed by atoms with van der Waals surface area (Å²) in [6.07, 6.45) is 0.201. The molecule has 0 unspecified atom stereocenters. The van der Waals surface area contributed by atoms with Crippen LogP contribution in [-0.4, -0.2) is 34.2 Å². The minimum atomic E-state index is -0.892. The van der Waals surface area contributed by atoms with Crippen LogP contribution >= 0.6 is 11.6 Å². The van der Waals surface area contributed by atoms with E-state index in [-0.39, 0.29) is 0 Å². The van der Waals surface area contributed by atoms with Crippen LogP contribution in [0, 0.1) is 20.8 Å². The highest BCUT2D eigenvalue weighted by Gasteiger charge is 2.17. The van der Waals surface area contributed by atoms with Gasteiger partial charge in [0.2, 0.25) is 0 Å². The van der Waals surface area contributed by atoms with Crippen LogP contribution in [0.15, 0.2) is 84.9 Å². The number of halogens is 1. The van der Waals surface area contributed by atoms with Crippen LogP contribution in [0.1, 0.15) is 49.8 Å². The van der Waals surface area contributed by atoms with E-state index < -0.39 is 12.1 Å². The molecule has 1 atom stereocenters. The van der Waals surface area contributed by atoms with Gasteiger partial charge in [-0.15, -0.1) is 0 Å². The van der Waals surface area contributed by atoms with Gasteiger partial charge in [0.15, 0.2) is 0 Å². The van der Waals surface area contributed by atoms with Gasteiger partial charge in [-0.25, -0.2) is 4.79 Å². The Bertz CT molecular complexity index is 1400. The SMILES string of the molecule is Cc1cc(C(=O)O)c(C)c(C)c1-c1ccc(CCN(Cc2ccccc2)C[C@H](O)c2cccc(Cl)c2)cc1. The molecule has 0 aliphatic heterocycles. The molecule has 0 spiro atoms. The van der Waals surface area contributed by atoms with E-state index in [1.165, 1.54) is 11.1 Å². The first-order valence-corrected chi connectivity index (χ1v) is 13.2. The first kappa shape index (κ1) is 27.6. The van der Waals surface area contributed by atoms with Crippen LogP contribution in [0.2, 0.25) is 5.02 Å². The first-order valence-electron chi connectivity index (χ1n) is 12.9. The van der Waals surface area contributed by atoms with Crippen molar-refractivity contribution in [1.29, 1.82) is 0 Å². The second kappa shape index (κ2) is 12.4. The topological polar surface area (TPSA) is 60.8 Å². The Morgan fingerprint density at radius 1 is 0.868 bits per heavy atom. The standard InChI is InChI=1S/C33H34ClNO3/c1-22-18-30(33(37)38)23(2)24(3)32(22)27-14-12-25(13-15-27)16-17-35(20-26-8-5-4-6-9-26)21-31(36)28-10-7-11-29(34)19-28/h4-15,18-19,31,36H,16-17,20-21H2,1-3H3,(H,37,38)/t31-/m0/s1. The Morgan fingerprint density at radius 2 is 1.58 bits per heavy atom. The molecule has 0 aromatic heterocycles. The molecule has 0 radical (unpaired) electrons. The highest BCUT2D eigenvalue weighted by Crippen LogP contribution is 2.32. The maximum atomic E-state index is 11.6. The summed E-state index contributed by atoms with van der Waals surface area (Å²) in [5, 5.41) is 21.1. The smallest absolute Gasteiger partial charge is 0.335 e. The zero-order valence-electron chi connectivity index (χ0n) is 22.1. The first-order chi connectivity index (χ1) is 18.2. The van der Waals surface area contributed by atoms with Crippen molar-refractivity contribution in [3.8, 4) is 11.1 Å². The summed E-state index contributed by atoms with van der Waals surface area (Å²) in [5.74, 6) is -0.892. The number of aliphatic hydroxyl groups excluding tert-OH is 1. The van der Waals surface area contributed by atoms with Crippen LogP contribution in [0.4, 0.5) is 0 Å². The molecule has 0 saturated heterocycles. The van der Waals surface area contributed by atoms with Gasteiger partial charge >= 0.3 is 5.97 Å². The molecule has 4 aromatic carbocycles. The van der Waals surface area contributed by atoms with Crippen molar-refractivity contribution in [3.63, 3.8) is 0 Å². The normalized spacial score (nSPS) is 12.1. The number of aryl methyl sites for hydroxylation is 1. The number of carboxylic acids is 1. The van der Waals surface area contributed by atoms with Crippen molar-refractivity contribution >= 4 is 17.6 Å². The van der Waals surface area contributed by atoms with Gasteiger partial charge in [0, 0.05) is 24.7 Å². The Balaban J connectivity index is 1.50. The van der Waals surface area contributed by atoms with Gasteiger partial charge < -0.3 is 10.2 Å². The minimum absolute atomic E-state index is 0.360. The van der Waals surface area contributed by atoms with Crippen LogP contribution in [0.25, 0.3) is 11.1 Å². The van der Waals surface area contributed by atoms with Gasteiger partial charge in [0.25, 0.3) is 0 Å². The molecule has 4 nitrogen and oxygen atoms in total. The van der Waals surface area contributed by atoms with Gasteiger partial charge in [-0.1, -0.05) is 78.3 Å². The molecule has 196 valence electrons. The molecule has 4 rings (SSSR count). The molecule has 0 saturated carbocycles. The van der Waals surface area contributed by atoms with Crippen molar-refractivity contribution in [2.24, 2.45) is 0 Å². The molecule has 0 aliphatic rings. The van der Waals surface area contributed by atoms with E-state index in [4.69, 9.17) is 11.6 Å². The number of rotatable bonds is 10. The second-order valence-electron chi connectivity index (χ2n) is 9.91. The van der Waals surface area contributed by atoms with Crippen LogP contribution in [0.5, 0.6) is 0 Å². The largest absolute Gasteiger partial charge is 0.478 e.